The van der Waals surface area contributed by atoms with Gasteiger partial charge in [-0.2, -0.15) is 0 Å². The van der Waals surface area contributed by atoms with Crippen LogP contribution in [-0.4, -0.2) is 186 Å². The Hall–Kier alpha value is -9.92. The van der Waals surface area contributed by atoms with Gasteiger partial charge < -0.3 is 59.9 Å². The topological polar surface area (TPSA) is 257 Å². The summed E-state index contributed by atoms with van der Waals surface area (Å²) in [6.45, 7) is 8.09. The summed E-state index contributed by atoms with van der Waals surface area (Å²) in [4.78, 5) is 104. The molecule has 576 valence electrons. The molecule has 6 aliphatic heterocycles. The summed E-state index contributed by atoms with van der Waals surface area (Å²) in [5, 5.41) is 20.3. The number of hydrogen-bond acceptors (Lipinski definition) is 14. The van der Waals surface area contributed by atoms with Crippen LogP contribution in [0.2, 0.25) is 0 Å². The van der Waals surface area contributed by atoms with Crippen molar-refractivity contribution < 1.29 is 111 Å². The van der Waals surface area contributed by atoms with E-state index in [9.17, 15) is 55.9 Å². The van der Waals surface area contributed by atoms with Crippen molar-refractivity contribution in [2.24, 2.45) is 0 Å². The van der Waals surface area contributed by atoms with Crippen LogP contribution >= 0.6 is 0 Å². The van der Waals surface area contributed by atoms with E-state index in [-0.39, 0.29) is 113 Å². The van der Waals surface area contributed by atoms with E-state index in [4.69, 9.17) is 10.2 Å². The van der Waals surface area contributed by atoms with E-state index in [2.05, 4.69) is 62.0 Å². The van der Waals surface area contributed by atoms with Crippen molar-refractivity contribution in [2.75, 3.05) is 93.8 Å². The number of nitrogens with one attached hydrogen (secondary N) is 1. The van der Waals surface area contributed by atoms with Crippen molar-refractivity contribution in [3.63, 3.8) is 0 Å². The number of piperidine rings is 1. The number of piperazine rings is 1. The molecule has 0 aromatic heterocycles. The van der Waals surface area contributed by atoms with Crippen LogP contribution in [0.15, 0.2) is 194 Å². The van der Waals surface area contributed by atoms with Gasteiger partial charge in [0.25, 0.3) is 0 Å². The van der Waals surface area contributed by atoms with Crippen molar-refractivity contribution in [3.05, 3.63) is 284 Å². The molecule has 8 aromatic rings. The fraction of sp³-hybridized carbons (Fsp3) is 0.341. The third-order valence-electron chi connectivity index (χ3n) is 19.8. The predicted molar refractivity (Wildman–Crippen MR) is 402 cm³/mol. The van der Waals surface area contributed by atoms with Gasteiger partial charge in [-0.25, -0.2) is 17.6 Å². The van der Waals surface area contributed by atoms with E-state index < -0.39 is 42.6 Å². The normalized spacial score (nSPS) is 17.4. The van der Waals surface area contributed by atoms with E-state index in [1.165, 1.54) is 105 Å². The Morgan fingerprint density at radius 3 is 1.04 bits per heavy atom. The quantitative estimate of drug-likeness (QED) is 0.0447. The maximum absolute atomic E-state index is 13.5. The molecule has 0 saturated carbocycles. The van der Waals surface area contributed by atoms with Crippen molar-refractivity contribution in [1.82, 2.24) is 34.7 Å². The number of benzene rings is 8. The fourth-order valence-electron chi connectivity index (χ4n) is 14.2. The molecule has 2 fully saturated rings. The maximum Gasteiger partial charge on any atom is 1.00 e. The van der Waals surface area contributed by atoms with E-state index in [1.807, 2.05) is 85.9 Å². The van der Waals surface area contributed by atoms with Crippen LogP contribution < -0.4 is 34.9 Å². The van der Waals surface area contributed by atoms with Crippen LogP contribution in [0.3, 0.4) is 0 Å². The summed E-state index contributed by atoms with van der Waals surface area (Å²) in [6.07, 6.45) is 5.98. The van der Waals surface area contributed by atoms with Gasteiger partial charge in [-0.05, 0) is 181 Å². The molecule has 0 radical (unpaired) electrons. The zero-order valence-electron chi connectivity index (χ0n) is 62.8. The maximum atomic E-state index is 13.5. The second kappa shape index (κ2) is 43.5. The van der Waals surface area contributed by atoms with Gasteiger partial charge in [0.1, 0.15) is 49.0 Å². The summed E-state index contributed by atoms with van der Waals surface area (Å²) in [5.74, 6) is -5.75. The van der Waals surface area contributed by atoms with Crippen LogP contribution in [0.25, 0.3) is 0 Å². The molecule has 6 aliphatic rings. The standard InChI is InChI=1S/C23H26FN3O2.C19H18FNO3.C18H16FNO3.C15H14FN.C6H13N.C4H6O4.Na.H2O/c1-25-12-14-26(15-13-25)21(28)16-22(29)27-11-10-17-4-2-3-5-20(17)23(27)18-6-8-19(24)9-7-18;1-24-18(23)12-17(22)21-11-10-13-4-2-3-5-16(13)19(21)14-6-8-15(20)9-7-14;19-14-7-5-13(6-8-14)18-15-4-2-1-3-12(15)9-10-20(18)16(21)11-17(22)23;16-13-7-5-12(6-8-13)15-14-4-2-1-3-11(14)9-10-17-15;1-7-5-3-2-4-6-7;1-8-4(7)2-3(5)6;;/h2-9,23H,10-16H2,1H3;2-9,19H,10-12H2,1H3;1-8,18H,9-11H2,(H,22,23);1-8,15,17H,9-10H2;2-6H2,1H3;2H2,1H3,(H,5,6);;1H2/q;;;;;;+1;/p-1/t23-;19-;18-;15-;;;;/m0000..../s1. The average Bonchev–Trinajstić information content (AvgIpc) is 0.789. The molecule has 0 unspecified atom stereocenters. The minimum absolute atomic E-state index is 0. The number of likely N-dealkylation sites (tertiary alicyclic amines) is 1. The number of esters is 2. The van der Waals surface area contributed by atoms with E-state index >= 15 is 0 Å². The Balaban J connectivity index is 0.000000192. The Kier molecular flexibility index (Phi) is 34.5. The van der Waals surface area contributed by atoms with E-state index in [1.54, 1.807) is 56.0 Å². The number of carbonyl (C=O) groups is 8. The number of rotatable bonds is 12. The van der Waals surface area contributed by atoms with Crippen molar-refractivity contribution in [3.8, 4) is 0 Å². The number of methoxy groups -OCH3 is 2. The number of halogens is 4. The van der Waals surface area contributed by atoms with Crippen molar-refractivity contribution in [2.45, 2.75) is 94.8 Å². The number of nitrogens with zero attached hydrogens (tertiary/aromatic N) is 6. The zero-order chi connectivity index (χ0) is 77.2. The first-order valence-electron chi connectivity index (χ1n) is 36.3. The van der Waals surface area contributed by atoms with E-state index in [0.717, 1.165) is 96.1 Å². The van der Waals surface area contributed by atoms with Crippen LogP contribution in [0.1, 0.15) is 136 Å². The smallest absolute Gasteiger partial charge is 0.870 e. The molecule has 14 rings (SSSR count). The molecular weight excluding hydrogens is 1430 g/mol. The monoisotopic (exact) mass is 1520 g/mol. The van der Waals surface area contributed by atoms with Gasteiger partial charge in [0.2, 0.25) is 23.6 Å². The Morgan fingerprint density at radius 1 is 0.373 bits per heavy atom. The summed E-state index contributed by atoms with van der Waals surface area (Å²) in [5.41, 5.74) is 12.8. The molecule has 20 nitrogen and oxygen atoms in total. The molecular formula is C85H94F4N7NaO13. The minimum Gasteiger partial charge on any atom is -0.870 e. The van der Waals surface area contributed by atoms with E-state index in [0.29, 0.717) is 39.1 Å². The molecule has 0 bridgehead atoms. The number of likely N-dealkylation sites (N-methyl/N-ethyl adjacent to an activating group) is 1. The first-order chi connectivity index (χ1) is 52.1. The molecule has 0 aliphatic carbocycles. The largest absolute Gasteiger partial charge is 1.00 e. The Labute approximate surface area is 661 Å². The molecule has 6 heterocycles. The predicted octanol–water partition coefficient (Wildman–Crippen LogP) is 8.73. The number of fused-ring (bicyclic) bond motifs is 4. The SMILES string of the molecule is CN1CCCCC1.CN1CCN(C(=O)CC(=O)N2CCc3ccccc3[C@@H]2c2ccc(F)cc2)CC1.COC(=O)CC(=O)N1CCc2ccccc2[C@@H]1c1ccc(F)cc1.COC(=O)CC(=O)O.Fc1ccc([C@@H]2NCCc3ccccc32)cc1.O=C(O)CC(=O)N1CCc2ccccc2[C@@H]1c1ccc(F)cc1.[Na+].[OH-]. The second-order valence-electron chi connectivity index (χ2n) is 27.1. The number of amides is 4. The van der Waals surface area contributed by atoms with Crippen LogP contribution in [0.4, 0.5) is 17.6 Å². The molecule has 25 heteroatoms. The van der Waals surface area contributed by atoms with Gasteiger partial charge in [0.05, 0.1) is 38.4 Å². The summed E-state index contributed by atoms with van der Waals surface area (Å²) in [7, 11) is 6.63. The number of carboxylic acids is 2. The summed E-state index contributed by atoms with van der Waals surface area (Å²) < 4.78 is 61.5. The van der Waals surface area contributed by atoms with Crippen LogP contribution in [0.5, 0.6) is 0 Å². The van der Waals surface area contributed by atoms with Gasteiger partial charge in [0.15, 0.2) is 0 Å². The third kappa shape index (κ3) is 24.8. The Bertz CT molecular complexity index is 4360. The van der Waals surface area contributed by atoms with Gasteiger partial charge in [-0.3, -0.25) is 38.4 Å². The molecule has 4 N–H and O–H groups in total. The van der Waals surface area contributed by atoms with Crippen molar-refractivity contribution >= 4 is 47.5 Å². The van der Waals surface area contributed by atoms with Crippen LogP contribution in [0, 0.1) is 23.3 Å². The number of aliphatic carboxylic acids is 2. The molecule has 2 saturated heterocycles. The molecule has 110 heavy (non-hydrogen) atoms. The first-order valence-corrected chi connectivity index (χ1v) is 36.3. The van der Waals surface area contributed by atoms with Gasteiger partial charge in [0, 0.05) is 52.4 Å². The molecule has 4 amide bonds. The van der Waals surface area contributed by atoms with Gasteiger partial charge in [-0.1, -0.05) is 152 Å². The zero-order valence-corrected chi connectivity index (χ0v) is 64.8. The number of ether oxygens (including phenoxy) is 2. The summed E-state index contributed by atoms with van der Waals surface area (Å²) in [6, 6.07) is 56.5. The first kappa shape index (κ1) is 87.3. The van der Waals surface area contributed by atoms with Crippen LogP contribution in [-0.2, 0) is 73.5 Å². The Morgan fingerprint density at radius 2 is 0.691 bits per heavy atom. The third-order valence-corrected chi connectivity index (χ3v) is 19.8. The van der Waals surface area contributed by atoms with Gasteiger partial charge in [-0.15, -0.1) is 0 Å². The second-order valence-corrected chi connectivity index (χ2v) is 27.1. The van der Waals surface area contributed by atoms with Crippen molar-refractivity contribution in [1.29, 1.82) is 0 Å². The molecule has 4 atom stereocenters. The molecule has 0 spiro atoms. The fourth-order valence-corrected chi connectivity index (χ4v) is 14.2. The molecule has 8 aromatic carbocycles. The summed E-state index contributed by atoms with van der Waals surface area (Å²) >= 11 is 0. The number of carbonyl (C=O) groups excluding carboxylic acids is 6. The number of hydrogen-bond donors (Lipinski definition) is 3. The number of carboxylic acid groups (broad SMARTS) is 2. The average molecular weight is 1520 g/mol. The van der Waals surface area contributed by atoms with Gasteiger partial charge >= 0.3 is 53.4 Å². The minimum atomic E-state index is -1.17.